The van der Waals surface area contributed by atoms with Crippen LogP contribution in [0, 0.1) is 0 Å². The van der Waals surface area contributed by atoms with Crippen molar-refractivity contribution in [3.05, 3.63) is 0 Å². The van der Waals surface area contributed by atoms with Crippen LogP contribution in [0.3, 0.4) is 0 Å². The Morgan fingerprint density at radius 2 is 2.14 bits per heavy atom. The average Bonchev–Trinajstić information content (AvgIpc) is 2.54. The number of hydrogen-bond donors (Lipinski definition) is 2. The standard InChI is InChI=1S/C10H20N2O2/c1-8(7-14-2)12-9(13)10(11)5-3-4-6-10/h8H,3-7,11H2,1-2H3,(H,12,13). The number of nitrogens with one attached hydrogen (secondary N) is 1. The lowest BCUT2D eigenvalue weighted by Gasteiger charge is -2.24. The largest absolute Gasteiger partial charge is 0.383 e. The second-order valence-corrected chi connectivity index (χ2v) is 4.19. The van der Waals surface area contributed by atoms with Gasteiger partial charge in [0.05, 0.1) is 12.1 Å². The van der Waals surface area contributed by atoms with Gasteiger partial charge in [-0.3, -0.25) is 4.79 Å². The Morgan fingerprint density at radius 1 is 1.57 bits per heavy atom. The third kappa shape index (κ3) is 2.69. The van der Waals surface area contributed by atoms with Gasteiger partial charge in [0.1, 0.15) is 0 Å². The van der Waals surface area contributed by atoms with Crippen molar-refractivity contribution < 1.29 is 9.53 Å². The summed E-state index contributed by atoms with van der Waals surface area (Å²) in [6.07, 6.45) is 3.72. The van der Waals surface area contributed by atoms with Crippen LogP contribution in [0.4, 0.5) is 0 Å². The van der Waals surface area contributed by atoms with Gasteiger partial charge in [-0.15, -0.1) is 0 Å². The third-order valence-corrected chi connectivity index (χ3v) is 2.74. The maximum absolute atomic E-state index is 11.8. The smallest absolute Gasteiger partial charge is 0.240 e. The van der Waals surface area contributed by atoms with Gasteiger partial charge < -0.3 is 15.8 Å². The fourth-order valence-electron chi connectivity index (χ4n) is 1.89. The molecule has 0 spiro atoms. The maximum Gasteiger partial charge on any atom is 0.240 e. The molecule has 1 saturated carbocycles. The Bertz CT molecular complexity index is 200. The van der Waals surface area contributed by atoms with Crippen LogP contribution < -0.4 is 11.1 Å². The number of nitrogens with two attached hydrogens (primary N) is 1. The van der Waals surface area contributed by atoms with Crippen LogP contribution in [0.2, 0.25) is 0 Å². The van der Waals surface area contributed by atoms with E-state index in [2.05, 4.69) is 5.32 Å². The molecule has 1 atom stereocenters. The zero-order valence-corrected chi connectivity index (χ0v) is 9.01. The molecule has 0 aromatic heterocycles. The predicted octanol–water partition coefficient (Wildman–Crippen LogP) is 0.409. The molecule has 1 unspecified atom stereocenters. The molecule has 3 N–H and O–H groups in total. The van der Waals surface area contributed by atoms with E-state index >= 15 is 0 Å². The lowest BCUT2D eigenvalue weighted by Crippen LogP contribution is -2.54. The first-order chi connectivity index (χ1) is 6.58. The Morgan fingerprint density at radius 3 is 2.64 bits per heavy atom. The highest BCUT2D eigenvalue weighted by atomic mass is 16.5. The molecule has 1 aliphatic carbocycles. The Balaban J connectivity index is 2.40. The number of hydrogen-bond acceptors (Lipinski definition) is 3. The SMILES string of the molecule is COCC(C)NC(=O)C1(N)CCCC1. The van der Waals surface area contributed by atoms with Gasteiger partial charge in [-0.25, -0.2) is 0 Å². The number of rotatable bonds is 4. The van der Waals surface area contributed by atoms with E-state index in [1.807, 2.05) is 6.92 Å². The van der Waals surface area contributed by atoms with Crippen LogP contribution in [-0.4, -0.2) is 31.2 Å². The Hall–Kier alpha value is -0.610. The molecule has 82 valence electrons. The summed E-state index contributed by atoms with van der Waals surface area (Å²) in [6.45, 7) is 2.45. The van der Waals surface area contributed by atoms with E-state index in [4.69, 9.17) is 10.5 Å². The topological polar surface area (TPSA) is 64.3 Å². The van der Waals surface area contributed by atoms with E-state index < -0.39 is 5.54 Å². The first kappa shape index (κ1) is 11.5. The molecule has 0 heterocycles. The maximum atomic E-state index is 11.8. The van der Waals surface area contributed by atoms with Crippen molar-refractivity contribution in [2.75, 3.05) is 13.7 Å². The molecule has 1 fully saturated rings. The van der Waals surface area contributed by atoms with Crippen LogP contribution >= 0.6 is 0 Å². The van der Waals surface area contributed by atoms with E-state index in [1.54, 1.807) is 7.11 Å². The molecular weight excluding hydrogens is 180 g/mol. The van der Waals surface area contributed by atoms with Crippen LogP contribution in [-0.2, 0) is 9.53 Å². The highest BCUT2D eigenvalue weighted by molar-refractivity contribution is 5.86. The van der Waals surface area contributed by atoms with Gasteiger partial charge in [-0.05, 0) is 19.8 Å². The van der Waals surface area contributed by atoms with Gasteiger partial charge in [0.15, 0.2) is 0 Å². The third-order valence-electron chi connectivity index (χ3n) is 2.74. The van der Waals surface area contributed by atoms with E-state index in [0.717, 1.165) is 25.7 Å². The van der Waals surface area contributed by atoms with E-state index in [1.165, 1.54) is 0 Å². The van der Waals surface area contributed by atoms with Gasteiger partial charge in [0, 0.05) is 13.2 Å². The summed E-state index contributed by atoms with van der Waals surface area (Å²) in [5.74, 6) is -0.0282. The highest BCUT2D eigenvalue weighted by Crippen LogP contribution is 2.27. The van der Waals surface area contributed by atoms with Crippen molar-refractivity contribution in [3.8, 4) is 0 Å². The quantitative estimate of drug-likeness (QED) is 0.691. The first-order valence-electron chi connectivity index (χ1n) is 5.17. The second-order valence-electron chi connectivity index (χ2n) is 4.19. The highest BCUT2D eigenvalue weighted by Gasteiger charge is 2.37. The molecule has 4 heteroatoms. The second kappa shape index (κ2) is 4.75. The molecule has 0 aliphatic heterocycles. The van der Waals surface area contributed by atoms with E-state index in [0.29, 0.717) is 6.61 Å². The lowest BCUT2D eigenvalue weighted by molar-refractivity contribution is -0.127. The fraction of sp³-hybridized carbons (Fsp3) is 0.900. The molecule has 0 radical (unpaired) electrons. The van der Waals surface area contributed by atoms with Crippen molar-refractivity contribution in [2.24, 2.45) is 5.73 Å². The molecule has 0 aromatic carbocycles. The molecule has 1 rings (SSSR count). The first-order valence-corrected chi connectivity index (χ1v) is 5.17. The zero-order valence-electron chi connectivity index (χ0n) is 9.01. The fourth-order valence-corrected chi connectivity index (χ4v) is 1.89. The minimum atomic E-state index is -0.623. The van der Waals surface area contributed by atoms with Gasteiger partial charge in [-0.2, -0.15) is 0 Å². The number of carbonyl (C=O) groups excluding carboxylic acids is 1. The van der Waals surface area contributed by atoms with Crippen molar-refractivity contribution >= 4 is 5.91 Å². The van der Waals surface area contributed by atoms with Gasteiger partial charge >= 0.3 is 0 Å². The van der Waals surface area contributed by atoms with Crippen molar-refractivity contribution in [2.45, 2.75) is 44.2 Å². The summed E-state index contributed by atoms with van der Waals surface area (Å²) in [7, 11) is 1.62. The van der Waals surface area contributed by atoms with Crippen LogP contribution in [0.15, 0.2) is 0 Å². The summed E-state index contributed by atoms with van der Waals surface area (Å²) < 4.78 is 4.94. The monoisotopic (exact) mass is 200 g/mol. The Labute approximate surface area is 85.2 Å². The number of methoxy groups -OCH3 is 1. The minimum Gasteiger partial charge on any atom is -0.383 e. The number of amides is 1. The molecule has 14 heavy (non-hydrogen) atoms. The van der Waals surface area contributed by atoms with E-state index in [9.17, 15) is 4.79 Å². The molecular formula is C10H20N2O2. The Kier molecular flexibility index (Phi) is 3.89. The normalized spacial score (nSPS) is 21.9. The summed E-state index contributed by atoms with van der Waals surface area (Å²) in [5.41, 5.74) is 5.37. The summed E-state index contributed by atoms with van der Waals surface area (Å²) in [4.78, 5) is 11.8. The van der Waals surface area contributed by atoms with Gasteiger partial charge in [-0.1, -0.05) is 12.8 Å². The average molecular weight is 200 g/mol. The van der Waals surface area contributed by atoms with Crippen LogP contribution in [0.1, 0.15) is 32.6 Å². The molecule has 0 saturated heterocycles. The van der Waals surface area contributed by atoms with Crippen molar-refractivity contribution in [1.29, 1.82) is 0 Å². The molecule has 0 aromatic rings. The lowest BCUT2D eigenvalue weighted by atomic mass is 9.98. The zero-order chi connectivity index (χ0) is 10.6. The number of ether oxygens (including phenoxy) is 1. The van der Waals surface area contributed by atoms with Crippen LogP contribution in [0.25, 0.3) is 0 Å². The predicted molar refractivity (Wildman–Crippen MR) is 54.9 cm³/mol. The molecule has 0 bridgehead atoms. The van der Waals surface area contributed by atoms with Crippen LogP contribution in [0.5, 0.6) is 0 Å². The minimum absolute atomic E-state index is 0.0282. The summed E-state index contributed by atoms with van der Waals surface area (Å²) >= 11 is 0. The van der Waals surface area contributed by atoms with E-state index in [-0.39, 0.29) is 11.9 Å². The van der Waals surface area contributed by atoms with Gasteiger partial charge in [0.2, 0.25) is 5.91 Å². The molecule has 1 aliphatic rings. The molecule has 1 amide bonds. The van der Waals surface area contributed by atoms with Crippen molar-refractivity contribution in [3.63, 3.8) is 0 Å². The van der Waals surface area contributed by atoms with Gasteiger partial charge in [0.25, 0.3) is 0 Å². The summed E-state index contributed by atoms with van der Waals surface area (Å²) in [5, 5.41) is 2.87. The summed E-state index contributed by atoms with van der Waals surface area (Å²) in [6, 6.07) is 0.0357. The number of carbonyl (C=O) groups is 1. The molecule has 4 nitrogen and oxygen atoms in total. The van der Waals surface area contributed by atoms with Crippen molar-refractivity contribution in [1.82, 2.24) is 5.32 Å².